The smallest absolute Gasteiger partial charge is 0.354 e. The third kappa shape index (κ3) is 2.77. The van der Waals surface area contributed by atoms with Crippen LogP contribution in [-0.2, 0) is 9.53 Å². The molecule has 0 radical (unpaired) electrons. The summed E-state index contributed by atoms with van der Waals surface area (Å²) in [6, 6.07) is 7.21. The summed E-state index contributed by atoms with van der Waals surface area (Å²) in [6.07, 6.45) is 1.13. The summed E-state index contributed by atoms with van der Waals surface area (Å²) in [5, 5.41) is 2.90. The van der Waals surface area contributed by atoms with E-state index in [4.69, 9.17) is 4.74 Å². The van der Waals surface area contributed by atoms with Crippen molar-refractivity contribution in [3.8, 4) is 0 Å². The van der Waals surface area contributed by atoms with Gasteiger partial charge in [0.15, 0.2) is 5.78 Å². The van der Waals surface area contributed by atoms with Crippen molar-refractivity contribution in [2.75, 3.05) is 6.54 Å². The number of ether oxygens (including phenoxy) is 1. The SMILES string of the molecule is Cc1ccc(C(=O)/C=C2\NCC(C)OC2=O)cc1. The fourth-order valence-corrected chi connectivity index (χ4v) is 1.66. The lowest BCUT2D eigenvalue weighted by Crippen LogP contribution is -2.39. The van der Waals surface area contributed by atoms with Crippen molar-refractivity contribution in [3.63, 3.8) is 0 Å². The molecule has 1 aromatic carbocycles. The molecule has 0 aliphatic carbocycles. The molecule has 1 aliphatic heterocycles. The lowest BCUT2D eigenvalue weighted by molar-refractivity contribution is -0.146. The third-order valence-corrected chi connectivity index (χ3v) is 2.72. The normalized spacial score (nSPS) is 21.3. The Morgan fingerprint density at radius 2 is 2.06 bits per heavy atom. The van der Waals surface area contributed by atoms with Crippen LogP contribution in [0.15, 0.2) is 36.0 Å². The molecule has 0 amide bonds. The zero-order valence-electron chi connectivity index (χ0n) is 10.4. The summed E-state index contributed by atoms with van der Waals surface area (Å²) >= 11 is 0. The van der Waals surface area contributed by atoms with Gasteiger partial charge in [-0.25, -0.2) is 4.79 Å². The minimum Gasteiger partial charge on any atom is -0.456 e. The number of hydrogen-bond donors (Lipinski definition) is 1. The lowest BCUT2D eigenvalue weighted by atomic mass is 10.1. The quantitative estimate of drug-likeness (QED) is 0.488. The number of carbonyl (C=O) groups is 2. The number of cyclic esters (lactones) is 1. The summed E-state index contributed by atoms with van der Waals surface area (Å²) in [5.41, 5.74) is 1.86. The van der Waals surface area contributed by atoms with E-state index in [2.05, 4.69) is 5.32 Å². The molecule has 0 aromatic heterocycles. The van der Waals surface area contributed by atoms with E-state index in [1.54, 1.807) is 19.1 Å². The Balaban J connectivity index is 2.15. The van der Waals surface area contributed by atoms with Crippen LogP contribution in [0.25, 0.3) is 0 Å². The molecule has 1 unspecified atom stereocenters. The maximum Gasteiger partial charge on any atom is 0.354 e. The molecule has 1 heterocycles. The van der Waals surface area contributed by atoms with E-state index in [0.29, 0.717) is 12.1 Å². The van der Waals surface area contributed by atoms with Gasteiger partial charge in [-0.05, 0) is 13.8 Å². The first kappa shape index (κ1) is 12.4. The lowest BCUT2D eigenvalue weighted by Gasteiger charge is -2.22. The standard InChI is InChI=1S/C14H15NO3/c1-9-3-5-11(6-4-9)13(16)7-12-14(17)18-10(2)8-15-12/h3-7,10,15H,8H2,1-2H3/b12-7-. The number of allylic oxidation sites excluding steroid dienone is 1. The number of benzene rings is 1. The predicted octanol–water partition coefficient (Wildman–Crippen LogP) is 1.60. The summed E-state index contributed by atoms with van der Waals surface area (Å²) < 4.78 is 5.03. The van der Waals surface area contributed by atoms with Gasteiger partial charge in [0.2, 0.25) is 0 Å². The van der Waals surface area contributed by atoms with Crippen molar-refractivity contribution in [2.24, 2.45) is 0 Å². The molecule has 0 spiro atoms. The van der Waals surface area contributed by atoms with E-state index in [9.17, 15) is 9.59 Å². The first-order chi connectivity index (χ1) is 8.56. The first-order valence-corrected chi connectivity index (χ1v) is 5.84. The Morgan fingerprint density at radius 3 is 2.67 bits per heavy atom. The minimum absolute atomic E-state index is 0.163. The van der Waals surface area contributed by atoms with Gasteiger partial charge < -0.3 is 10.1 Å². The van der Waals surface area contributed by atoms with E-state index in [-0.39, 0.29) is 17.6 Å². The summed E-state index contributed by atoms with van der Waals surface area (Å²) in [4.78, 5) is 23.4. The van der Waals surface area contributed by atoms with Crippen LogP contribution in [0.4, 0.5) is 0 Å². The molecule has 1 aliphatic rings. The summed E-state index contributed by atoms with van der Waals surface area (Å²) in [6.45, 7) is 4.27. The zero-order chi connectivity index (χ0) is 13.1. The fraction of sp³-hybridized carbons (Fsp3) is 0.286. The van der Waals surface area contributed by atoms with E-state index < -0.39 is 5.97 Å². The highest BCUT2D eigenvalue weighted by Gasteiger charge is 2.22. The molecule has 4 heteroatoms. The third-order valence-electron chi connectivity index (χ3n) is 2.72. The van der Waals surface area contributed by atoms with Gasteiger partial charge in [-0.1, -0.05) is 29.8 Å². The number of esters is 1. The average Bonchev–Trinajstić information content (AvgIpc) is 2.33. The van der Waals surface area contributed by atoms with Gasteiger partial charge in [0.1, 0.15) is 11.8 Å². The number of morpholine rings is 1. The molecule has 4 nitrogen and oxygen atoms in total. The molecule has 1 aromatic rings. The Labute approximate surface area is 106 Å². The van der Waals surface area contributed by atoms with Crippen LogP contribution in [0.2, 0.25) is 0 Å². The van der Waals surface area contributed by atoms with Crippen molar-refractivity contribution in [3.05, 3.63) is 47.2 Å². The molecular formula is C14H15NO3. The highest BCUT2D eigenvalue weighted by molar-refractivity contribution is 6.08. The van der Waals surface area contributed by atoms with Crippen LogP contribution in [0.5, 0.6) is 0 Å². The molecule has 2 rings (SSSR count). The summed E-state index contributed by atoms with van der Waals surface area (Å²) in [7, 11) is 0. The van der Waals surface area contributed by atoms with Crippen molar-refractivity contribution < 1.29 is 14.3 Å². The topological polar surface area (TPSA) is 55.4 Å². The second-order valence-corrected chi connectivity index (χ2v) is 4.39. The van der Waals surface area contributed by atoms with Crippen molar-refractivity contribution in [1.29, 1.82) is 0 Å². The van der Waals surface area contributed by atoms with Crippen LogP contribution in [0.1, 0.15) is 22.8 Å². The molecule has 1 N–H and O–H groups in total. The van der Waals surface area contributed by atoms with E-state index in [0.717, 1.165) is 5.56 Å². The first-order valence-electron chi connectivity index (χ1n) is 5.84. The van der Waals surface area contributed by atoms with Gasteiger partial charge in [-0.15, -0.1) is 0 Å². The number of nitrogens with one attached hydrogen (secondary N) is 1. The molecule has 1 fully saturated rings. The van der Waals surface area contributed by atoms with E-state index in [1.807, 2.05) is 19.1 Å². The van der Waals surface area contributed by atoms with Crippen LogP contribution in [0.3, 0.4) is 0 Å². The maximum atomic E-state index is 11.9. The largest absolute Gasteiger partial charge is 0.456 e. The van der Waals surface area contributed by atoms with Gasteiger partial charge in [0.25, 0.3) is 0 Å². The zero-order valence-corrected chi connectivity index (χ0v) is 10.4. The Hall–Kier alpha value is -2.10. The molecule has 0 bridgehead atoms. The number of hydrogen-bond acceptors (Lipinski definition) is 4. The van der Waals surface area contributed by atoms with E-state index in [1.165, 1.54) is 6.08 Å². The molecule has 0 saturated carbocycles. The highest BCUT2D eigenvalue weighted by Crippen LogP contribution is 2.09. The van der Waals surface area contributed by atoms with Gasteiger partial charge >= 0.3 is 5.97 Å². The number of carbonyl (C=O) groups excluding carboxylic acids is 2. The maximum absolute atomic E-state index is 11.9. The van der Waals surface area contributed by atoms with Crippen LogP contribution < -0.4 is 5.32 Å². The van der Waals surface area contributed by atoms with Crippen molar-refractivity contribution in [2.45, 2.75) is 20.0 Å². The second kappa shape index (κ2) is 5.04. The van der Waals surface area contributed by atoms with Gasteiger partial charge in [0.05, 0.1) is 6.54 Å². The van der Waals surface area contributed by atoms with Gasteiger partial charge in [0, 0.05) is 11.6 Å². The van der Waals surface area contributed by atoms with Gasteiger partial charge in [-0.3, -0.25) is 4.79 Å². The Kier molecular flexibility index (Phi) is 3.46. The van der Waals surface area contributed by atoms with Crippen LogP contribution >= 0.6 is 0 Å². The van der Waals surface area contributed by atoms with Gasteiger partial charge in [-0.2, -0.15) is 0 Å². The molecule has 1 atom stereocenters. The Morgan fingerprint density at radius 1 is 1.39 bits per heavy atom. The fourth-order valence-electron chi connectivity index (χ4n) is 1.66. The Bertz CT molecular complexity index is 502. The highest BCUT2D eigenvalue weighted by atomic mass is 16.5. The van der Waals surface area contributed by atoms with E-state index >= 15 is 0 Å². The minimum atomic E-state index is -0.478. The van der Waals surface area contributed by atoms with Crippen molar-refractivity contribution >= 4 is 11.8 Å². The monoisotopic (exact) mass is 245 g/mol. The number of rotatable bonds is 2. The predicted molar refractivity (Wildman–Crippen MR) is 67.1 cm³/mol. The average molecular weight is 245 g/mol. The molecule has 94 valence electrons. The molecule has 1 saturated heterocycles. The number of aryl methyl sites for hydroxylation is 1. The second-order valence-electron chi connectivity index (χ2n) is 4.39. The molecule has 18 heavy (non-hydrogen) atoms. The van der Waals surface area contributed by atoms with Crippen molar-refractivity contribution in [1.82, 2.24) is 5.32 Å². The van der Waals surface area contributed by atoms with Crippen LogP contribution in [-0.4, -0.2) is 24.4 Å². The summed E-state index contributed by atoms with van der Waals surface area (Å²) in [5.74, 6) is -0.682. The molecular weight excluding hydrogens is 230 g/mol. The number of ketones is 1. The van der Waals surface area contributed by atoms with Crippen LogP contribution in [0, 0.1) is 6.92 Å².